The maximum absolute atomic E-state index is 11.7. The van der Waals surface area contributed by atoms with Crippen LogP contribution < -0.4 is 5.32 Å². The average molecular weight is 393 g/mol. The molecular formula is C18H35NO8. The number of carbonyl (C=O) groups excluding carboxylic acids is 1. The fourth-order valence-corrected chi connectivity index (χ4v) is 3.08. The van der Waals surface area contributed by atoms with Crippen LogP contribution in [0.1, 0.15) is 52.4 Å². The lowest BCUT2D eigenvalue weighted by Gasteiger charge is -2.33. The molecule has 0 radical (unpaired) electrons. The highest BCUT2D eigenvalue weighted by atomic mass is 16.5. The summed E-state index contributed by atoms with van der Waals surface area (Å²) >= 11 is 0. The molecule has 1 aliphatic rings. The first-order valence-electron chi connectivity index (χ1n) is 9.75. The minimum atomic E-state index is -1.32. The predicted molar refractivity (Wildman–Crippen MR) is 97.1 cm³/mol. The van der Waals surface area contributed by atoms with Gasteiger partial charge in [-0.15, -0.1) is 0 Å². The molecule has 7 atom stereocenters. The first-order valence-corrected chi connectivity index (χ1v) is 9.75. The molecule has 9 heteroatoms. The Morgan fingerprint density at radius 1 is 1.11 bits per heavy atom. The van der Waals surface area contributed by atoms with Gasteiger partial charge in [0.05, 0.1) is 43.7 Å². The normalized spacial score (nSPS) is 29.9. The largest absolute Gasteiger partial charge is 0.450 e. The molecule has 1 aliphatic carbocycles. The Kier molecular flexibility index (Phi) is 11.1. The minimum Gasteiger partial charge on any atom is -0.450 e. The van der Waals surface area contributed by atoms with Crippen molar-refractivity contribution in [2.24, 2.45) is 0 Å². The summed E-state index contributed by atoms with van der Waals surface area (Å²) in [7, 11) is 0. The molecule has 1 saturated carbocycles. The lowest BCUT2D eigenvalue weighted by molar-refractivity contribution is -0.138. The summed E-state index contributed by atoms with van der Waals surface area (Å²) in [5, 5.41) is 52.7. The Balaban J connectivity index is 2.72. The third kappa shape index (κ3) is 8.28. The van der Waals surface area contributed by atoms with E-state index in [0.717, 1.165) is 0 Å². The zero-order valence-corrected chi connectivity index (χ0v) is 16.2. The number of rotatable bonds is 9. The van der Waals surface area contributed by atoms with Crippen molar-refractivity contribution in [3.05, 3.63) is 0 Å². The van der Waals surface area contributed by atoms with E-state index in [0.29, 0.717) is 32.1 Å². The predicted octanol–water partition coefficient (Wildman–Crippen LogP) is -0.335. The molecule has 0 saturated heterocycles. The summed E-state index contributed by atoms with van der Waals surface area (Å²) in [5.74, 6) is 0. The van der Waals surface area contributed by atoms with Gasteiger partial charge in [-0.3, -0.25) is 0 Å². The maximum atomic E-state index is 11.7. The van der Waals surface area contributed by atoms with E-state index < -0.39 is 48.8 Å². The van der Waals surface area contributed by atoms with Crippen molar-refractivity contribution < 1.29 is 39.8 Å². The Bertz CT molecular complexity index is 424. The summed E-state index contributed by atoms with van der Waals surface area (Å²) in [5.41, 5.74) is 0. The van der Waals surface area contributed by atoms with Crippen LogP contribution in [0.3, 0.4) is 0 Å². The van der Waals surface area contributed by atoms with Gasteiger partial charge in [-0.2, -0.15) is 0 Å². The molecule has 7 unspecified atom stereocenters. The molecule has 1 amide bonds. The van der Waals surface area contributed by atoms with Crippen LogP contribution in [0.15, 0.2) is 0 Å². The molecule has 1 fully saturated rings. The molecule has 27 heavy (non-hydrogen) atoms. The monoisotopic (exact) mass is 393 g/mol. The van der Waals surface area contributed by atoms with Gasteiger partial charge in [0, 0.05) is 6.42 Å². The number of hydrogen-bond acceptors (Lipinski definition) is 8. The van der Waals surface area contributed by atoms with Crippen LogP contribution in [0.4, 0.5) is 4.79 Å². The van der Waals surface area contributed by atoms with Crippen molar-refractivity contribution in [1.29, 1.82) is 0 Å². The number of carbonyl (C=O) groups is 1. The average Bonchev–Trinajstić information content (AvgIpc) is 2.64. The Morgan fingerprint density at radius 2 is 1.78 bits per heavy atom. The van der Waals surface area contributed by atoms with Crippen LogP contribution in [0.2, 0.25) is 0 Å². The quantitative estimate of drug-likeness (QED) is 0.312. The molecule has 0 heterocycles. The maximum Gasteiger partial charge on any atom is 0.407 e. The molecule has 0 spiro atoms. The van der Waals surface area contributed by atoms with Gasteiger partial charge >= 0.3 is 6.09 Å². The molecule has 6 N–H and O–H groups in total. The third-order valence-corrected chi connectivity index (χ3v) is 4.88. The second kappa shape index (κ2) is 12.5. The van der Waals surface area contributed by atoms with Crippen LogP contribution in [0, 0.1) is 0 Å². The summed E-state index contributed by atoms with van der Waals surface area (Å²) in [6.45, 7) is 3.46. The Labute approximate surface area is 160 Å². The second-order valence-electron chi connectivity index (χ2n) is 7.04. The molecule has 0 aromatic heterocycles. The van der Waals surface area contributed by atoms with Crippen LogP contribution in [-0.2, 0) is 9.47 Å². The standard InChI is InChI=1S/C18H35NO8/c1-3-11(20)9-14(22)12(19-18(25)26-4-2)10-27-15-8-6-5-7-13(21)16(23)17(15)24/h11-17,20-24H,3-10H2,1-2H3,(H,19,25). The van der Waals surface area contributed by atoms with Crippen LogP contribution in [-0.4, -0.2) is 87.5 Å². The van der Waals surface area contributed by atoms with Crippen molar-refractivity contribution in [1.82, 2.24) is 5.32 Å². The summed E-state index contributed by atoms with van der Waals surface area (Å²) < 4.78 is 10.5. The summed E-state index contributed by atoms with van der Waals surface area (Å²) in [6, 6.07) is -0.857. The smallest absolute Gasteiger partial charge is 0.407 e. The lowest BCUT2D eigenvalue weighted by Crippen LogP contribution is -2.51. The van der Waals surface area contributed by atoms with Crippen LogP contribution in [0.5, 0.6) is 0 Å². The summed E-state index contributed by atoms with van der Waals surface area (Å²) in [4.78, 5) is 11.7. The van der Waals surface area contributed by atoms with E-state index in [9.17, 15) is 30.3 Å². The topological polar surface area (TPSA) is 149 Å². The molecule has 0 aromatic rings. The van der Waals surface area contributed by atoms with Gasteiger partial charge in [-0.1, -0.05) is 19.8 Å². The highest BCUT2D eigenvalue weighted by molar-refractivity contribution is 5.67. The van der Waals surface area contributed by atoms with Crippen LogP contribution in [0.25, 0.3) is 0 Å². The Hall–Kier alpha value is -0.970. The van der Waals surface area contributed by atoms with E-state index in [2.05, 4.69) is 5.32 Å². The molecule has 0 aromatic carbocycles. The molecule has 9 nitrogen and oxygen atoms in total. The minimum absolute atomic E-state index is 0.0471. The second-order valence-corrected chi connectivity index (χ2v) is 7.04. The van der Waals surface area contributed by atoms with E-state index >= 15 is 0 Å². The van der Waals surface area contributed by atoms with Crippen molar-refractivity contribution in [2.75, 3.05) is 13.2 Å². The van der Waals surface area contributed by atoms with Gasteiger partial charge in [0.25, 0.3) is 0 Å². The van der Waals surface area contributed by atoms with E-state index in [4.69, 9.17) is 9.47 Å². The van der Waals surface area contributed by atoms with Crippen molar-refractivity contribution in [3.63, 3.8) is 0 Å². The molecular weight excluding hydrogens is 358 g/mol. The van der Waals surface area contributed by atoms with Gasteiger partial charge in [0.15, 0.2) is 0 Å². The molecule has 0 bridgehead atoms. The number of alkyl carbamates (subject to hydrolysis) is 1. The van der Waals surface area contributed by atoms with Gasteiger partial charge in [0.1, 0.15) is 12.2 Å². The van der Waals surface area contributed by atoms with Crippen molar-refractivity contribution >= 4 is 6.09 Å². The molecule has 0 aliphatic heterocycles. The first kappa shape index (κ1) is 24.1. The lowest BCUT2D eigenvalue weighted by atomic mass is 9.92. The highest BCUT2D eigenvalue weighted by Crippen LogP contribution is 2.22. The van der Waals surface area contributed by atoms with Gasteiger partial charge < -0.3 is 40.3 Å². The van der Waals surface area contributed by atoms with Gasteiger partial charge in [-0.05, 0) is 26.2 Å². The van der Waals surface area contributed by atoms with Crippen molar-refractivity contribution in [3.8, 4) is 0 Å². The number of ether oxygens (including phenoxy) is 2. The van der Waals surface area contributed by atoms with E-state index in [1.54, 1.807) is 13.8 Å². The Morgan fingerprint density at radius 3 is 2.41 bits per heavy atom. The summed E-state index contributed by atoms with van der Waals surface area (Å²) in [6.07, 6.45) is -4.10. The zero-order chi connectivity index (χ0) is 20.4. The highest BCUT2D eigenvalue weighted by Gasteiger charge is 2.34. The number of hydrogen-bond donors (Lipinski definition) is 6. The number of aliphatic hydroxyl groups is 5. The molecule has 1 rings (SSSR count). The van der Waals surface area contributed by atoms with Gasteiger partial charge in [-0.25, -0.2) is 4.79 Å². The van der Waals surface area contributed by atoms with Gasteiger partial charge in [0.2, 0.25) is 0 Å². The van der Waals surface area contributed by atoms with Crippen LogP contribution >= 0.6 is 0 Å². The molecule has 160 valence electrons. The number of amides is 1. The van der Waals surface area contributed by atoms with E-state index in [1.807, 2.05) is 0 Å². The van der Waals surface area contributed by atoms with Crippen molar-refractivity contribution in [2.45, 2.75) is 95.0 Å². The first-order chi connectivity index (χ1) is 12.8. The zero-order valence-electron chi connectivity index (χ0n) is 16.2. The van der Waals surface area contributed by atoms with E-state index in [-0.39, 0.29) is 19.6 Å². The fraction of sp³-hybridized carbons (Fsp3) is 0.944. The fourth-order valence-electron chi connectivity index (χ4n) is 3.08. The number of nitrogens with one attached hydrogen (secondary N) is 1. The SMILES string of the molecule is CCOC(=O)NC(COC1CCCCC(O)C(O)C1O)C(O)CC(O)CC. The number of aliphatic hydroxyl groups excluding tert-OH is 5. The van der Waals surface area contributed by atoms with E-state index in [1.165, 1.54) is 0 Å². The third-order valence-electron chi connectivity index (χ3n) is 4.88.